The maximum atomic E-state index is 5.67. The van der Waals surface area contributed by atoms with Crippen LogP contribution in [0.15, 0.2) is 18.3 Å². The smallest absolute Gasteiger partial charge is 0.159 e. The predicted molar refractivity (Wildman–Crippen MR) is 90.4 cm³/mol. The first-order valence-corrected chi connectivity index (χ1v) is 8.99. The Kier molecular flexibility index (Phi) is 4.57. The Bertz CT molecular complexity index is 642. The van der Waals surface area contributed by atoms with Crippen molar-refractivity contribution < 1.29 is 4.74 Å². The molecule has 23 heavy (non-hydrogen) atoms. The summed E-state index contributed by atoms with van der Waals surface area (Å²) in [5.41, 5.74) is 2.07. The summed E-state index contributed by atoms with van der Waals surface area (Å²) >= 11 is 0. The highest BCUT2D eigenvalue weighted by atomic mass is 16.5. The number of ether oxygens (including phenoxy) is 1. The number of piperidine rings is 1. The average molecular weight is 314 g/mol. The topological polar surface area (TPSA) is 52.0 Å². The predicted octanol–water partition coefficient (Wildman–Crippen LogP) is 2.40. The van der Waals surface area contributed by atoms with Crippen molar-refractivity contribution in [2.75, 3.05) is 26.3 Å². The first-order valence-electron chi connectivity index (χ1n) is 8.99. The summed E-state index contributed by atoms with van der Waals surface area (Å²) in [6.07, 6.45) is 7.93. The van der Waals surface area contributed by atoms with Crippen molar-refractivity contribution in [1.29, 1.82) is 0 Å². The van der Waals surface area contributed by atoms with Crippen LogP contribution in [-0.4, -0.2) is 40.8 Å². The molecule has 0 amide bonds. The third kappa shape index (κ3) is 3.40. The van der Waals surface area contributed by atoms with Crippen molar-refractivity contribution in [2.45, 2.75) is 38.6 Å². The van der Waals surface area contributed by atoms with Crippen LogP contribution in [0.3, 0.4) is 0 Å². The summed E-state index contributed by atoms with van der Waals surface area (Å²) in [5, 5.41) is 3.52. The zero-order valence-corrected chi connectivity index (χ0v) is 13.7. The van der Waals surface area contributed by atoms with Gasteiger partial charge >= 0.3 is 0 Å². The Morgan fingerprint density at radius 3 is 3.04 bits per heavy atom. The van der Waals surface area contributed by atoms with Gasteiger partial charge in [-0.3, -0.25) is 0 Å². The first-order chi connectivity index (χ1) is 11.4. The van der Waals surface area contributed by atoms with E-state index in [1.807, 2.05) is 12.3 Å². The van der Waals surface area contributed by atoms with Gasteiger partial charge < -0.3 is 14.6 Å². The third-order valence-electron chi connectivity index (χ3n) is 5.15. The van der Waals surface area contributed by atoms with Crippen LogP contribution in [-0.2, 0) is 17.7 Å². The van der Waals surface area contributed by atoms with E-state index < -0.39 is 0 Å². The van der Waals surface area contributed by atoms with E-state index in [4.69, 9.17) is 9.72 Å². The maximum Gasteiger partial charge on any atom is 0.159 e. The minimum atomic E-state index is 0.589. The summed E-state index contributed by atoms with van der Waals surface area (Å²) in [7, 11) is 0. The molecule has 4 rings (SSSR count). The Labute approximate surface area is 137 Å². The van der Waals surface area contributed by atoms with Gasteiger partial charge in [0, 0.05) is 31.7 Å². The molecular weight excluding hydrogens is 288 g/mol. The SMILES string of the molecule is c1cnc2c(c1)nc(CC1CCCNC1)n2CC1CCCOC1. The minimum absolute atomic E-state index is 0.589. The fraction of sp³-hybridized carbons (Fsp3) is 0.667. The number of nitrogens with zero attached hydrogens (tertiary/aromatic N) is 3. The van der Waals surface area contributed by atoms with Gasteiger partial charge in [0.25, 0.3) is 0 Å². The number of hydrogen-bond acceptors (Lipinski definition) is 4. The summed E-state index contributed by atoms with van der Waals surface area (Å²) in [5.74, 6) is 2.49. The summed E-state index contributed by atoms with van der Waals surface area (Å²) in [4.78, 5) is 9.51. The molecular formula is C18H26N4O. The molecule has 5 nitrogen and oxygen atoms in total. The Hall–Kier alpha value is -1.46. The first kappa shape index (κ1) is 15.1. The molecule has 2 fully saturated rings. The van der Waals surface area contributed by atoms with E-state index in [1.54, 1.807) is 0 Å². The Morgan fingerprint density at radius 1 is 1.26 bits per heavy atom. The molecule has 2 aliphatic heterocycles. The average Bonchev–Trinajstić information content (AvgIpc) is 2.94. The highest BCUT2D eigenvalue weighted by Gasteiger charge is 2.22. The van der Waals surface area contributed by atoms with Crippen molar-refractivity contribution in [3.05, 3.63) is 24.2 Å². The lowest BCUT2D eigenvalue weighted by atomic mass is 9.95. The number of aromatic nitrogens is 3. The molecule has 0 aromatic carbocycles. The van der Waals surface area contributed by atoms with Crippen molar-refractivity contribution in [2.24, 2.45) is 11.8 Å². The van der Waals surface area contributed by atoms with Gasteiger partial charge in [0.2, 0.25) is 0 Å². The molecule has 2 unspecified atom stereocenters. The van der Waals surface area contributed by atoms with E-state index in [1.165, 1.54) is 31.5 Å². The molecule has 4 heterocycles. The van der Waals surface area contributed by atoms with Crippen molar-refractivity contribution in [3.8, 4) is 0 Å². The second-order valence-electron chi connectivity index (χ2n) is 6.98. The lowest BCUT2D eigenvalue weighted by molar-refractivity contribution is 0.0483. The minimum Gasteiger partial charge on any atom is -0.381 e. The van der Waals surface area contributed by atoms with Gasteiger partial charge in [-0.05, 0) is 56.8 Å². The van der Waals surface area contributed by atoms with Crippen LogP contribution < -0.4 is 5.32 Å². The fourth-order valence-electron chi connectivity index (χ4n) is 3.92. The van der Waals surface area contributed by atoms with Crippen LogP contribution in [0.2, 0.25) is 0 Å². The quantitative estimate of drug-likeness (QED) is 0.941. The number of hydrogen-bond donors (Lipinski definition) is 1. The standard InChI is InChI=1S/C18H26N4O/c1-4-14(11-19-7-1)10-17-21-16-6-2-8-20-18(16)22(17)12-15-5-3-9-23-13-15/h2,6,8,14-15,19H,1,3-5,7,9-13H2. The van der Waals surface area contributed by atoms with E-state index in [0.717, 1.165) is 50.4 Å². The van der Waals surface area contributed by atoms with Crippen molar-refractivity contribution >= 4 is 11.2 Å². The van der Waals surface area contributed by atoms with Crippen molar-refractivity contribution in [1.82, 2.24) is 19.9 Å². The molecule has 0 bridgehead atoms. The fourth-order valence-corrected chi connectivity index (χ4v) is 3.92. The number of nitrogens with one attached hydrogen (secondary N) is 1. The second-order valence-corrected chi connectivity index (χ2v) is 6.98. The van der Waals surface area contributed by atoms with Gasteiger partial charge in [-0.25, -0.2) is 9.97 Å². The summed E-state index contributed by atoms with van der Waals surface area (Å²) in [6, 6.07) is 4.06. The molecule has 0 spiro atoms. The van der Waals surface area contributed by atoms with E-state index in [0.29, 0.717) is 11.8 Å². The molecule has 124 valence electrons. The van der Waals surface area contributed by atoms with Gasteiger partial charge in [-0.15, -0.1) is 0 Å². The molecule has 0 aliphatic carbocycles. The number of pyridine rings is 1. The molecule has 2 aliphatic rings. The molecule has 2 aromatic rings. The monoisotopic (exact) mass is 314 g/mol. The second kappa shape index (κ2) is 6.97. The normalized spacial score (nSPS) is 25.7. The van der Waals surface area contributed by atoms with E-state index >= 15 is 0 Å². The number of fused-ring (bicyclic) bond motifs is 1. The van der Waals surface area contributed by atoms with Crippen LogP contribution in [0.5, 0.6) is 0 Å². The Balaban J connectivity index is 1.60. The molecule has 0 radical (unpaired) electrons. The highest BCUT2D eigenvalue weighted by Crippen LogP contribution is 2.23. The van der Waals surface area contributed by atoms with Gasteiger partial charge in [-0.2, -0.15) is 0 Å². The van der Waals surface area contributed by atoms with Gasteiger partial charge in [0.15, 0.2) is 5.65 Å². The van der Waals surface area contributed by atoms with Gasteiger partial charge in [-0.1, -0.05) is 0 Å². The zero-order valence-electron chi connectivity index (χ0n) is 13.7. The largest absolute Gasteiger partial charge is 0.381 e. The molecule has 5 heteroatoms. The molecule has 0 saturated carbocycles. The Morgan fingerprint density at radius 2 is 2.22 bits per heavy atom. The van der Waals surface area contributed by atoms with E-state index in [9.17, 15) is 0 Å². The lowest BCUT2D eigenvalue weighted by Crippen LogP contribution is -2.31. The van der Waals surface area contributed by atoms with Gasteiger partial charge in [0.1, 0.15) is 11.3 Å². The molecule has 2 atom stereocenters. The molecule has 2 aromatic heterocycles. The maximum absolute atomic E-state index is 5.67. The van der Waals surface area contributed by atoms with Crippen LogP contribution >= 0.6 is 0 Å². The van der Waals surface area contributed by atoms with E-state index in [-0.39, 0.29) is 0 Å². The molecule has 2 saturated heterocycles. The number of rotatable bonds is 4. The zero-order chi connectivity index (χ0) is 15.5. The lowest BCUT2D eigenvalue weighted by Gasteiger charge is -2.25. The van der Waals surface area contributed by atoms with Crippen LogP contribution in [0.1, 0.15) is 31.5 Å². The van der Waals surface area contributed by atoms with Crippen LogP contribution in [0.4, 0.5) is 0 Å². The highest BCUT2D eigenvalue weighted by molar-refractivity contribution is 5.71. The summed E-state index contributed by atoms with van der Waals surface area (Å²) in [6.45, 7) is 5.05. The third-order valence-corrected chi connectivity index (χ3v) is 5.15. The van der Waals surface area contributed by atoms with E-state index in [2.05, 4.69) is 20.9 Å². The van der Waals surface area contributed by atoms with Gasteiger partial charge in [0.05, 0.1) is 6.61 Å². The van der Waals surface area contributed by atoms with Crippen molar-refractivity contribution in [3.63, 3.8) is 0 Å². The number of imidazole rings is 1. The summed E-state index contributed by atoms with van der Waals surface area (Å²) < 4.78 is 8.03. The van der Waals surface area contributed by atoms with Crippen LogP contribution in [0, 0.1) is 11.8 Å². The van der Waals surface area contributed by atoms with Crippen LogP contribution in [0.25, 0.3) is 11.2 Å². The molecule has 1 N–H and O–H groups in total.